The van der Waals surface area contributed by atoms with Crippen LogP contribution in [0.1, 0.15) is 5.56 Å². The van der Waals surface area contributed by atoms with Gasteiger partial charge in [-0.2, -0.15) is 4.98 Å². The molecule has 29 heavy (non-hydrogen) atoms. The highest BCUT2D eigenvalue weighted by Gasteiger charge is 2.07. The van der Waals surface area contributed by atoms with Gasteiger partial charge in [-0.25, -0.2) is 4.98 Å². The Labute approximate surface area is 170 Å². The first-order valence-electron chi connectivity index (χ1n) is 9.43. The molecule has 0 aliphatic carbocycles. The molecule has 3 aromatic carbocycles. The van der Waals surface area contributed by atoms with E-state index >= 15 is 0 Å². The van der Waals surface area contributed by atoms with Gasteiger partial charge in [-0.1, -0.05) is 60.7 Å². The molecule has 5 nitrogen and oxygen atoms in total. The van der Waals surface area contributed by atoms with Crippen molar-refractivity contribution in [3.63, 3.8) is 0 Å². The molecule has 0 saturated heterocycles. The molecule has 1 heterocycles. The number of ether oxygens (including phenoxy) is 1. The van der Waals surface area contributed by atoms with Crippen molar-refractivity contribution in [2.24, 2.45) is 0 Å². The van der Waals surface area contributed by atoms with E-state index in [0.29, 0.717) is 12.5 Å². The molecule has 0 spiro atoms. The minimum atomic E-state index is 0.570. The number of benzene rings is 3. The van der Waals surface area contributed by atoms with Gasteiger partial charge < -0.3 is 15.4 Å². The predicted molar refractivity (Wildman–Crippen MR) is 118 cm³/mol. The first-order valence-corrected chi connectivity index (χ1v) is 9.43. The smallest absolute Gasteiger partial charge is 0.225 e. The van der Waals surface area contributed by atoms with Crippen LogP contribution in [0.4, 0.5) is 17.5 Å². The lowest BCUT2D eigenvalue weighted by atomic mass is 10.1. The number of nitrogens with zero attached hydrogens (tertiary/aromatic N) is 2. The Morgan fingerprint density at radius 3 is 2.17 bits per heavy atom. The van der Waals surface area contributed by atoms with Crippen LogP contribution < -0.4 is 15.4 Å². The number of para-hydroxylation sites is 1. The summed E-state index contributed by atoms with van der Waals surface area (Å²) in [5.41, 5.74) is 4.00. The molecule has 0 radical (unpaired) electrons. The van der Waals surface area contributed by atoms with Gasteiger partial charge in [-0.3, -0.25) is 0 Å². The number of aromatic nitrogens is 2. The van der Waals surface area contributed by atoms with Gasteiger partial charge in [-0.15, -0.1) is 0 Å². The van der Waals surface area contributed by atoms with E-state index < -0.39 is 0 Å². The van der Waals surface area contributed by atoms with Gasteiger partial charge in [0.1, 0.15) is 11.6 Å². The number of methoxy groups -OCH3 is 1. The van der Waals surface area contributed by atoms with Crippen LogP contribution in [0, 0.1) is 0 Å². The van der Waals surface area contributed by atoms with Crippen LogP contribution in [0.2, 0.25) is 0 Å². The number of hydrogen-bond acceptors (Lipinski definition) is 5. The standard InChI is InChI=1S/C24H22N4O/c1-29-21-14-12-18(13-15-21)17-25-24-27-22(19-8-4-2-5-9-19)16-23(28-24)26-20-10-6-3-7-11-20/h2-16H,17H2,1H3,(H2,25,26,27,28). The lowest BCUT2D eigenvalue weighted by Crippen LogP contribution is -2.06. The van der Waals surface area contributed by atoms with Gasteiger partial charge in [-0.05, 0) is 29.8 Å². The third-order valence-corrected chi connectivity index (χ3v) is 4.45. The summed E-state index contributed by atoms with van der Waals surface area (Å²) < 4.78 is 5.22. The molecular weight excluding hydrogens is 360 g/mol. The zero-order valence-electron chi connectivity index (χ0n) is 16.2. The highest BCUT2D eigenvalue weighted by atomic mass is 16.5. The summed E-state index contributed by atoms with van der Waals surface area (Å²) in [6.45, 7) is 0.618. The van der Waals surface area contributed by atoms with Crippen molar-refractivity contribution < 1.29 is 4.74 Å². The Kier molecular flexibility index (Phi) is 5.67. The zero-order valence-corrected chi connectivity index (χ0v) is 16.2. The van der Waals surface area contributed by atoms with Crippen LogP contribution >= 0.6 is 0 Å². The molecule has 0 unspecified atom stereocenters. The first-order chi connectivity index (χ1) is 14.3. The highest BCUT2D eigenvalue weighted by molar-refractivity contribution is 5.67. The summed E-state index contributed by atoms with van der Waals surface area (Å²) in [7, 11) is 1.66. The third kappa shape index (κ3) is 4.90. The monoisotopic (exact) mass is 382 g/mol. The fourth-order valence-electron chi connectivity index (χ4n) is 2.94. The van der Waals surface area contributed by atoms with E-state index in [1.807, 2.05) is 91.0 Å². The van der Waals surface area contributed by atoms with Gasteiger partial charge in [0.25, 0.3) is 0 Å². The molecule has 0 amide bonds. The third-order valence-electron chi connectivity index (χ3n) is 4.45. The van der Waals surface area contributed by atoms with Crippen molar-refractivity contribution in [2.45, 2.75) is 6.54 Å². The minimum Gasteiger partial charge on any atom is -0.497 e. The molecule has 0 bridgehead atoms. The van der Waals surface area contributed by atoms with Crippen molar-refractivity contribution in [3.05, 3.63) is 96.6 Å². The second-order valence-corrected chi connectivity index (χ2v) is 6.52. The molecule has 144 valence electrons. The maximum Gasteiger partial charge on any atom is 0.225 e. The van der Waals surface area contributed by atoms with Crippen LogP contribution in [0.5, 0.6) is 5.75 Å². The van der Waals surface area contributed by atoms with E-state index in [9.17, 15) is 0 Å². The summed E-state index contributed by atoms with van der Waals surface area (Å²) in [5, 5.41) is 6.69. The number of anilines is 3. The van der Waals surface area contributed by atoms with Crippen LogP contribution in [-0.4, -0.2) is 17.1 Å². The number of rotatable bonds is 7. The molecule has 2 N–H and O–H groups in total. The lowest BCUT2D eigenvalue weighted by Gasteiger charge is -2.12. The number of hydrogen-bond donors (Lipinski definition) is 2. The van der Waals surface area contributed by atoms with Crippen LogP contribution in [0.3, 0.4) is 0 Å². The average molecular weight is 382 g/mol. The van der Waals surface area contributed by atoms with Crippen molar-refractivity contribution in [3.8, 4) is 17.0 Å². The maximum absolute atomic E-state index is 5.22. The minimum absolute atomic E-state index is 0.570. The molecule has 4 rings (SSSR count). The van der Waals surface area contributed by atoms with E-state index in [2.05, 4.69) is 15.6 Å². The van der Waals surface area contributed by atoms with Crippen molar-refractivity contribution in [1.82, 2.24) is 9.97 Å². The highest BCUT2D eigenvalue weighted by Crippen LogP contribution is 2.24. The Bertz CT molecular complexity index is 1050. The molecular formula is C24H22N4O. The van der Waals surface area contributed by atoms with E-state index in [1.165, 1.54) is 0 Å². The van der Waals surface area contributed by atoms with Gasteiger partial charge in [0.15, 0.2) is 0 Å². The van der Waals surface area contributed by atoms with Gasteiger partial charge >= 0.3 is 0 Å². The zero-order chi connectivity index (χ0) is 19.9. The summed E-state index contributed by atoms with van der Waals surface area (Å²) in [5.74, 6) is 2.15. The summed E-state index contributed by atoms with van der Waals surface area (Å²) in [6, 6.07) is 30.0. The molecule has 5 heteroatoms. The Morgan fingerprint density at radius 2 is 1.48 bits per heavy atom. The van der Waals surface area contributed by atoms with Gasteiger partial charge in [0.2, 0.25) is 5.95 Å². The molecule has 0 aliphatic heterocycles. The number of nitrogens with one attached hydrogen (secondary N) is 2. The summed E-state index contributed by atoms with van der Waals surface area (Å²) in [4.78, 5) is 9.35. The molecule has 0 atom stereocenters. The quantitative estimate of drug-likeness (QED) is 0.441. The summed E-state index contributed by atoms with van der Waals surface area (Å²) >= 11 is 0. The first kappa shape index (κ1) is 18.5. The molecule has 1 aromatic heterocycles. The normalized spacial score (nSPS) is 10.4. The molecule has 0 fully saturated rings. The Balaban J connectivity index is 1.60. The van der Waals surface area contributed by atoms with Crippen molar-refractivity contribution in [1.29, 1.82) is 0 Å². The molecule has 0 saturated carbocycles. The lowest BCUT2D eigenvalue weighted by molar-refractivity contribution is 0.414. The van der Waals surface area contributed by atoms with E-state index in [4.69, 9.17) is 9.72 Å². The average Bonchev–Trinajstić information content (AvgIpc) is 2.79. The van der Waals surface area contributed by atoms with E-state index in [1.54, 1.807) is 7.11 Å². The van der Waals surface area contributed by atoms with Crippen molar-refractivity contribution in [2.75, 3.05) is 17.7 Å². The van der Waals surface area contributed by atoms with E-state index in [-0.39, 0.29) is 0 Å². The topological polar surface area (TPSA) is 59.1 Å². The van der Waals surface area contributed by atoms with Crippen LogP contribution in [0.25, 0.3) is 11.3 Å². The molecule has 4 aromatic rings. The largest absolute Gasteiger partial charge is 0.497 e. The van der Waals surface area contributed by atoms with E-state index in [0.717, 1.165) is 34.1 Å². The van der Waals surface area contributed by atoms with Gasteiger partial charge in [0.05, 0.1) is 12.8 Å². The van der Waals surface area contributed by atoms with Gasteiger partial charge in [0, 0.05) is 23.9 Å². The predicted octanol–water partition coefficient (Wildman–Crippen LogP) is 5.51. The van der Waals surface area contributed by atoms with Crippen LogP contribution in [0.15, 0.2) is 91.0 Å². The van der Waals surface area contributed by atoms with Crippen molar-refractivity contribution >= 4 is 17.5 Å². The fourth-order valence-corrected chi connectivity index (χ4v) is 2.94. The Morgan fingerprint density at radius 1 is 0.793 bits per heavy atom. The van der Waals surface area contributed by atoms with Crippen LogP contribution in [-0.2, 0) is 6.54 Å². The SMILES string of the molecule is COc1ccc(CNc2nc(Nc3ccccc3)cc(-c3ccccc3)n2)cc1. The molecule has 0 aliphatic rings. The Hall–Kier alpha value is -3.86. The maximum atomic E-state index is 5.22. The second kappa shape index (κ2) is 8.89. The summed E-state index contributed by atoms with van der Waals surface area (Å²) in [6.07, 6.45) is 0. The second-order valence-electron chi connectivity index (χ2n) is 6.52. The fraction of sp³-hybridized carbons (Fsp3) is 0.0833.